The maximum Gasteiger partial charge on any atom is 0.235 e. The van der Waals surface area contributed by atoms with Crippen LogP contribution in [0.3, 0.4) is 0 Å². The van der Waals surface area contributed by atoms with Crippen LogP contribution in [0.5, 0.6) is 11.5 Å². The normalized spacial score (nSPS) is 15.4. The van der Waals surface area contributed by atoms with Crippen LogP contribution in [0.2, 0.25) is 0 Å². The Morgan fingerprint density at radius 3 is 2.83 bits per heavy atom. The Hall–Kier alpha value is -3.29. The molecule has 2 unspecified atom stereocenters. The average Bonchev–Trinajstić information content (AvgIpc) is 3.43. The SMILES string of the molecule is C=CCn1c(SCC(=O)Nc2sc3c(c2C#N)CCC(C)C3)nnc1C(C)Oc1ccc(OC)cc1. The first-order chi connectivity index (χ1) is 17.4. The number of amides is 1. The maximum atomic E-state index is 12.8. The number of aromatic nitrogens is 3. The van der Waals surface area contributed by atoms with Gasteiger partial charge in [0.05, 0.1) is 18.4 Å². The monoisotopic (exact) mass is 523 g/mol. The van der Waals surface area contributed by atoms with Crippen LogP contribution < -0.4 is 14.8 Å². The number of thioether (sulfide) groups is 1. The zero-order chi connectivity index (χ0) is 25.7. The number of hydrogen-bond acceptors (Lipinski definition) is 8. The fourth-order valence-corrected chi connectivity index (χ4v) is 6.30. The van der Waals surface area contributed by atoms with Crippen molar-refractivity contribution in [2.24, 2.45) is 5.92 Å². The summed E-state index contributed by atoms with van der Waals surface area (Å²) in [5.74, 6) is 2.64. The molecule has 0 aliphatic heterocycles. The average molecular weight is 524 g/mol. The van der Waals surface area contributed by atoms with Crippen molar-refractivity contribution in [2.75, 3.05) is 18.2 Å². The van der Waals surface area contributed by atoms with E-state index in [9.17, 15) is 10.1 Å². The quantitative estimate of drug-likeness (QED) is 0.280. The van der Waals surface area contributed by atoms with Crippen LogP contribution in [0.15, 0.2) is 42.1 Å². The summed E-state index contributed by atoms with van der Waals surface area (Å²) in [6.45, 7) is 8.44. The molecule has 1 aromatic carbocycles. The highest BCUT2D eigenvalue weighted by Gasteiger charge is 2.25. The number of methoxy groups -OCH3 is 1. The Labute approximate surface area is 219 Å². The van der Waals surface area contributed by atoms with Gasteiger partial charge in [-0.1, -0.05) is 24.8 Å². The smallest absolute Gasteiger partial charge is 0.235 e. The molecule has 0 bridgehead atoms. The summed E-state index contributed by atoms with van der Waals surface area (Å²) in [7, 11) is 1.62. The second-order valence-corrected chi connectivity index (χ2v) is 10.7. The molecule has 0 saturated carbocycles. The third-order valence-electron chi connectivity index (χ3n) is 6.00. The van der Waals surface area contributed by atoms with Gasteiger partial charge in [-0.05, 0) is 61.9 Å². The Kier molecular flexibility index (Phi) is 8.33. The number of allylic oxidation sites excluding steroid dienone is 1. The van der Waals surface area contributed by atoms with Crippen LogP contribution in [0.4, 0.5) is 5.00 Å². The molecule has 10 heteroatoms. The highest BCUT2D eigenvalue weighted by Crippen LogP contribution is 2.39. The molecule has 36 heavy (non-hydrogen) atoms. The van der Waals surface area contributed by atoms with Gasteiger partial charge in [-0.15, -0.1) is 28.1 Å². The van der Waals surface area contributed by atoms with Crippen molar-refractivity contribution < 1.29 is 14.3 Å². The minimum atomic E-state index is -0.368. The Morgan fingerprint density at radius 2 is 2.14 bits per heavy atom. The molecule has 1 N–H and O–H groups in total. The predicted octanol–water partition coefficient (Wildman–Crippen LogP) is 5.40. The summed E-state index contributed by atoms with van der Waals surface area (Å²) in [5, 5.41) is 22.5. The number of nitrogens with one attached hydrogen (secondary N) is 1. The molecular weight excluding hydrogens is 494 g/mol. The highest BCUT2D eigenvalue weighted by molar-refractivity contribution is 7.99. The van der Waals surface area contributed by atoms with Gasteiger partial charge in [0, 0.05) is 11.4 Å². The molecule has 1 aliphatic carbocycles. The molecule has 188 valence electrons. The fraction of sp³-hybridized carbons (Fsp3) is 0.385. The van der Waals surface area contributed by atoms with Gasteiger partial charge in [0.25, 0.3) is 0 Å². The molecule has 4 rings (SSSR count). The topological polar surface area (TPSA) is 102 Å². The van der Waals surface area contributed by atoms with Crippen LogP contribution in [0.25, 0.3) is 0 Å². The highest BCUT2D eigenvalue weighted by atomic mass is 32.2. The van der Waals surface area contributed by atoms with Gasteiger partial charge in [-0.3, -0.25) is 9.36 Å². The lowest BCUT2D eigenvalue weighted by Gasteiger charge is -2.17. The number of anilines is 1. The standard InChI is InChI=1S/C26H29N5O3S2/c1-5-12-31-24(17(3)34-19-9-7-18(33-4)8-10-19)29-30-26(31)35-15-23(32)28-25-21(14-27)20-11-6-16(2)13-22(20)36-25/h5,7-10,16-17H,1,6,11-13,15H2,2-4H3,(H,28,32). The molecule has 3 aromatic rings. The van der Waals surface area contributed by atoms with E-state index >= 15 is 0 Å². The van der Waals surface area contributed by atoms with Gasteiger partial charge in [0.15, 0.2) is 17.1 Å². The van der Waals surface area contributed by atoms with Crippen LogP contribution in [0, 0.1) is 17.2 Å². The number of benzene rings is 1. The van der Waals surface area contributed by atoms with Crippen LogP contribution in [-0.2, 0) is 24.2 Å². The summed E-state index contributed by atoms with van der Waals surface area (Å²) in [6, 6.07) is 9.63. The number of nitrogens with zero attached hydrogens (tertiary/aromatic N) is 4. The molecule has 2 aromatic heterocycles. The summed E-state index contributed by atoms with van der Waals surface area (Å²) >= 11 is 2.82. The van der Waals surface area contributed by atoms with E-state index in [0.29, 0.717) is 39.8 Å². The lowest BCUT2D eigenvalue weighted by atomic mass is 9.89. The van der Waals surface area contributed by atoms with E-state index < -0.39 is 0 Å². The first-order valence-electron chi connectivity index (χ1n) is 11.8. The summed E-state index contributed by atoms with van der Waals surface area (Å²) in [6.07, 6.45) is 4.32. The van der Waals surface area contributed by atoms with Crippen molar-refractivity contribution >= 4 is 34.0 Å². The molecule has 1 aliphatic rings. The van der Waals surface area contributed by atoms with Crippen LogP contribution in [-0.4, -0.2) is 33.5 Å². The van der Waals surface area contributed by atoms with E-state index in [-0.39, 0.29) is 17.8 Å². The predicted molar refractivity (Wildman–Crippen MR) is 142 cm³/mol. The van der Waals surface area contributed by atoms with E-state index in [4.69, 9.17) is 9.47 Å². The first-order valence-corrected chi connectivity index (χ1v) is 13.6. The first kappa shape index (κ1) is 25.8. The zero-order valence-corrected chi connectivity index (χ0v) is 22.2. The van der Waals surface area contributed by atoms with Gasteiger partial charge < -0.3 is 14.8 Å². The second-order valence-electron chi connectivity index (χ2n) is 8.68. The van der Waals surface area contributed by atoms with E-state index in [1.807, 2.05) is 35.8 Å². The van der Waals surface area contributed by atoms with Crippen molar-refractivity contribution in [3.8, 4) is 17.6 Å². The third kappa shape index (κ3) is 5.74. The lowest BCUT2D eigenvalue weighted by Crippen LogP contribution is -2.15. The molecular formula is C26H29N5O3S2. The van der Waals surface area contributed by atoms with Crippen molar-refractivity contribution in [1.29, 1.82) is 5.26 Å². The number of ether oxygens (including phenoxy) is 2. The minimum Gasteiger partial charge on any atom is -0.497 e. The Balaban J connectivity index is 1.42. The van der Waals surface area contributed by atoms with Crippen LogP contribution >= 0.6 is 23.1 Å². The Bertz CT molecular complexity index is 1280. The fourth-order valence-electron chi connectivity index (χ4n) is 4.17. The molecule has 0 radical (unpaired) electrons. The molecule has 1 amide bonds. The molecule has 8 nitrogen and oxygen atoms in total. The summed E-state index contributed by atoms with van der Waals surface area (Å²) in [4.78, 5) is 14.0. The van der Waals surface area contributed by atoms with Gasteiger partial charge in [0.1, 0.15) is 22.6 Å². The minimum absolute atomic E-state index is 0.146. The third-order valence-corrected chi connectivity index (χ3v) is 8.14. The van der Waals surface area contributed by atoms with E-state index in [1.165, 1.54) is 28.0 Å². The number of hydrogen-bond donors (Lipinski definition) is 1. The van der Waals surface area contributed by atoms with Crippen molar-refractivity contribution in [2.45, 2.75) is 50.9 Å². The second kappa shape index (κ2) is 11.6. The zero-order valence-electron chi connectivity index (χ0n) is 20.6. The molecule has 0 spiro atoms. The molecule has 0 saturated heterocycles. The summed E-state index contributed by atoms with van der Waals surface area (Å²) < 4.78 is 13.1. The Morgan fingerprint density at radius 1 is 1.39 bits per heavy atom. The van der Waals surface area contributed by atoms with Gasteiger partial charge in [-0.25, -0.2) is 0 Å². The number of carbonyl (C=O) groups excluding carboxylic acids is 1. The number of fused-ring (bicyclic) bond motifs is 1. The maximum absolute atomic E-state index is 12.8. The van der Waals surface area contributed by atoms with Crippen molar-refractivity contribution in [3.63, 3.8) is 0 Å². The van der Waals surface area contributed by atoms with Crippen LogP contribution in [0.1, 0.15) is 48.2 Å². The van der Waals surface area contributed by atoms with E-state index in [1.54, 1.807) is 13.2 Å². The largest absolute Gasteiger partial charge is 0.497 e. The number of nitriles is 1. The van der Waals surface area contributed by atoms with Gasteiger partial charge >= 0.3 is 0 Å². The van der Waals surface area contributed by atoms with E-state index in [2.05, 4.69) is 35.1 Å². The molecule has 0 fully saturated rings. The van der Waals surface area contributed by atoms with Gasteiger partial charge in [0.2, 0.25) is 5.91 Å². The molecule has 2 atom stereocenters. The van der Waals surface area contributed by atoms with Crippen molar-refractivity contribution in [3.05, 3.63) is 58.7 Å². The van der Waals surface area contributed by atoms with Gasteiger partial charge in [-0.2, -0.15) is 5.26 Å². The number of carbonyl (C=O) groups is 1. The number of rotatable bonds is 10. The summed E-state index contributed by atoms with van der Waals surface area (Å²) in [5.41, 5.74) is 1.71. The number of thiophene rings is 1. The molecule has 2 heterocycles. The van der Waals surface area contributed by atoms with Crippen molar-refractivity contribution in [1.82, 2.24) is 14.8 Å². The lowest BCUT2D eigenvalue weighted by molar-refractivity contribution is -0.113. The van der Waals surface area contributed by atoms with E-state index in [0.717, 1.165) is 30.6 Å².